The number of aryl methyl sites for hydroxylation is 1. The van der Waals surface area contributed by atoms with Crippen LogP contribution in [0, 0.1) is 17.0 Å². The summed E-state index contributed by atoms with van der Waals surface area (Å²) in [5, 5.41) is 14.2. The lowest BCUT2D eigenvalue weighted by molar-refractivity contribution is -0.385. The summed E-state index contributed by atoms with van der Waals surface area (Å²) in [4.78, 5) is 30.0. The number of rotatable bonds is 5. The second kappa shape index (κ2) is 6.71. The summed E-state index contributed by atoms with van der Waals surface area (Å²) in [5.41, 5.74) is 2.69. The summed E-state index contributed by atoms with van der Waals surface area (Å²) in [6.07, 6.45) is 0. The molecule has 0 radical (unpaired) electrons. The molecule has 0 spiro atoms. The van der Waals surface area contributed by atoms with E-state index in [2.05, 4.69) is 15.3 Å². The summed E-state index contributed by atoms with van der Waals surface area (Å²) >= 11 is 1.27. The van der Waals surface area contributed by atoms with Gasteiger partial charge in [-0.15, -0.1) is 0 Å². The van der Waals surface area contributed by atoms with Gasteiger partial charge in [0.15, 0.2) is 5.16 Å². The second-order valence-electron chi connectivity index (χ2n) is 5.15. The third-order valence-corrected chi connectivity index (χ3v) is 4.27. The number of amides is 1. The monoisotopic (exact) mass is 342 g/mol. The predicted octanol–water partition coefficient (Wildman–Crippen LogP) is 3.51. The van der Waals surface area contributed by atoms with Crippen molar-refractivity contribution in [3.8, 4) is 0 Å². The number of imidazole rings is 1. The number of nitrogens with zero attached hydrogens (tertiary/aromatic N) is 2. The Bertz CT molecular complexity index is 890. The van der Waals surface area contributed by atoms with Gasteiger partial charge in [-0.3, -0.25) is 14.9 Å². The van der Waals surface area contributed by atoms with Crippen LogP contribution in [0.15, 0.2) is 47.6 Å². The molecule has 0 aliphatic carbocycles. The third-order valence-electron chi connectivity index (χ3n) is 3.40. The van der Waals surface area contributed by atoms with Crippen LogP contribution in [0.25, 0.3) is 11.0 Å². The Labute approximate surface area is 141 Å². The van der Waals surface area contributed by atoms with Crippen LogP contribution in [0.4, 0.5) is 11.4 Å². The largest absolute Gasteiger partial charge is 0.333 e. The van der Waals surface area contributed by atoms with Crippen molar-refractivity contribution in [2.45, 2.75) is 12.1 Å². The van der Waals surface area contributed by atoms with E-state index in [1.54, 1.807) is 19.1 Å². The maximum absolute atomic E-state index is 12.0. The summed E-state index contributed by atoms with van der Waals surface area (Å²) in [5.74, 6) is -0.0970. The minimum atomic E-state index is -0.464. The van der Waals surface area contributed by atoms with Crippen LogP contribution in [0.5, 0.6) is 0 Å². The van der Waals surface area contributed by atoms with Gasteiger partial charge < -0.3 is 10.3 Å². The van der Waals surface area contributed by atoms with Crippen molar-refractivity contribution in [2.24, 2.45) is 0 Å². The van der Waals surface area contributed by atoms with Crippen molar-refractivity contribution in [3.63, 3.8) is 0 Å². The van der Waals surface area contributed by atoms with Crippen LogP contribution >= 0.6 is 11.8 Å². The number of hydrogen-bond donors (Lipinski definition) is 2. The molecular formula is C16H14N4O3S. The summed E-state index contributed by atoms with van der Waals surface area (Å²) in [6.45, 7) is 1.65. The molecule has 2 N–H and O–H groups in total. The molecule has 0 saturated carbocycles. The minimum absolute atomic E-state index is 0.0160. The normalized spacial score (nSPS) is 10.7. The van der Waals surface area contributed by atoms with E-state index in [1.807, 2.05) is 24.3 Å². The van der Waals surface area contributed by atoms with Crippen LogP contribution < -0.4 is 5.32 Å². The number of nitrogens with one attached hydrogen (secondary N) is 2. The standard InChI is InChI=1S/C16H14N4O3S/c1-10-6-7-11(8-14(10)20(22)23)17-15(21)9-24-16-18-12-4-2-3-5-13(12)19-16/h2-8H,9H2,1H3,(H,17,21)(H,18,19). The van der Waals surface area contributed by atoms with Gasteiger partial charge in [-0.2, -0.15) is 0 Å². The highest BCUT2D eigenvalue weighted by Crippen LogP contribution is 2.23. The molecule has 122 valence electrons. The smallest absolute Gasteiger partial charge is 0.274 e. The average Bonchev–Trinajstić information content (AvgIpc) is 2.97. The Hall–Kier alpha value is -2.87. The number of H-pyrrole nitrogens is 1. The molecule has 0 fully saturated rings. The fourth-order valence-electron chi connectivity index (χ4n) is 2.21. The van der Waals surface area contributed by atoms with Crippen molar-refractivity contribution in [1.82, 2.24) is 9.97 Å². The van der Waals surface area contributed by atoms with Crippen molar-refractivity contribution in [3.05, 3.63) is 58.1 Å². The van der Waals surface area contributed by atoms with Crippen LogP contribution in [0.2, 0.25) is 0 Å². The van der Waals surface area contributed by atoms with Crippen molar-refractivity contribution >= 4 is 40.1 Å². The first kappa shape index (κ1) is 16.0. The van der Waals surface area contributed by atoms with E-state index in [0.717, 1.165) is 11.0 Å². The Balaban J connectivity index is 1.63. The molecule has 2 aromatic carbocycles. The average molecular weight is 342 g/mol. The number of anilines is 1. The van der Waals surface area contributed by atoms with Gasteiger partial charge in [0.05, 0.1) is 21.7 Å². The second-order valence-corrected chi connectivity index (χ2v) is 6.12. The number of benzene rings is 2. The first-order valence-electron chi connectivity index (χ1n) is 7.15. The highest BCUT2D eigenvalue weighted by atomic mass is 32.2. The van der Waals surface area contributed by atoms with E-state index in [-0.39, 0.29) is 17.3 Å². The molecule has 3 rings (SSSR count). The quantitative estimate of drug-likeness (QED) is 0.420. The van der Waals surface area contributed by atoms with Crippen LogP contribution in [0.1, 0.15) is 5.56 Å². The number of nitro benzene ring substituents is 1. The fourth-order valence-corrected chi connectivity index (χ4v) is 2.90. The maximum Gasteiger partial charge on any atom is 0.274 e. The lowest BCUT2D eigenvalue weighted by Gasteiger charge is -2.05. The van der Waals surface area contributed by atoms with Gasteiger partial charge in [0.25, 0.3) is 5.69 Å². The molecule has 0 bridgehead atoms. The minimum Gasteiger partial charge on any atom is -0.333 e. The van der Waals surface area contributed by atoms with Crippen molar-refractivity contribution in [2.75, 3.05) is 11.1 Å². The number of aromatic amines is 1. The molecular weight excluding hydrogens is 328 g/mol. The first-order valence-corrected chi connectivity index (χ1v) is 8.14. The van der Waals surface area contributed by atoms with E-state index in [1.165, 1.54) is 17.8 Å². The number of para-hydroxylation sites is 2. The summed E-state index contributed by atoms with van der Waals surface area (Å²) < 4.78 is 0. The van der Waals surface area contributed by atoms with Gasteiger partial charge in [-0.1, -0.05) is 30.0 Å². The van der Waals surface area contributed by atoms with Gasteiger partial charge in [0.1, 0.15) is 0 Å². The zero-order valence-corrected chi connectivity index (χ0v) is 13.6. The Morgan fingerprint density at radius 1 is 1.33 bits per heavy atom. The first-order chi connectivity index (χ1) is 11.5. The molecule has 0 saturated heterocycles. The Kier molecular flexibility index (Phi) is 4.48. The Morgan fingerprint density at radius 2 is 2.12 bits per heavy atom. The summed E-state index contributed by atoms with van der Waals surface area (Å²) in [6, 6.07) is 12.2. The number of thioether (sulfide) groups is 1. The molecule has 0 atom stereocenters. The van der Waals surface area contributed by atoms with E-state index < -0.39 is 4.92 Å². The zero-order chi connectivity index (χ0) is 17.1. The molecule has 0 aliphatic rings. The lowest BCUT2D eigenvalue weighted by atomic mass is 10.2. The van der Waals surface area contributed by atoms with Gasteiger partial charge in [0, 0.05) is 17.3 Å². The number of nitro groups is 1. The highest BCUT2D eigenvalue weighted by molar-refractivity contribution is 7.99. The number of carbonyl (C=O) groups excluding carboxylic acids is 1. The predicted molar refractivity (Wildman–Crippen MR) is 93.3 cm³/mol. The zero-order valence-electron chi connectivity index (χ0n) is 12.8. The van der Waals surface area contributed by atoms with Crippen LogP contribution in [0.3, 0.4) is 0 Å². The summed E-state index contributed by atoms with van der Waals surface area (Å²) in [7, 11) is 0. The molecule has 1 heterocycles. The molecule has 0 aliphatic heterocycles. The van der Waals surface area contributed by atoms with E-state index >= 15 is 0 Å². The van der Waals surface area contributed by atoms with Gasteiger partial charge in [-0.25, -0.2) is 4.98 Å². The molecule has 3 aromatic rings. The molecule has 7 nitrogen and oxygen atoms in total. The van der Waals surface area contributed by atoms with Gasteiger partial charge in [-0.05, 0) is 25.1 Å². The topological polar surface area (TPSA) is 101 Å². The highest BCUT2D eigenvalue weighted by Gasteiger charge is 2.13. The van der Waals surface area contributed by atoms with Crippen molar-refractivity contribution < 1.29 is 9.72 Å². The number of fused-ring (bicyclic) bond motifs is 1. The third kappa shape index (κ3) is 3.54. The lowest BCUT2D eigenvalue weighted by Crippen LogP contribution is -2.14. The van der Waals surface area contributed by atoms with E-state index in [0.29, 0.717) is 16.4 Å². The molecule has 0 unspecified atom stereocenters. The molecule has 8 heteroatoms. The maximum atomic E-state index is 12.0. The fraction of sp³-hybridized carbons (Fsp3) is 0.125. The Morgan fingerprint density at radius 3 is 2.88 bits per heavy atom. The van der Waals surface area contributed by atoms with E-state index in [4.69, 9.17) is 0 Å². The van der Waals surface area contributed by atoms with Crippen molar-refractivity contribution in [1.29, 1.82) is 0 Å². The molecule has 1 amide bonds. The number of hydrogen-bond acceptors (Lipinski definition) is 5. The SMILES string of the molecule is Cc1ccc(NC(=O)CSc2nc3ccccc3[nH]2)cc1[N+](=O)[O-]. The van der Waals surface area contributed by atoms with E-state index in [9.17, 15) is 14.9 Å². The van der Waals surface area contributed by atoms with Crippen LogP contribution in [-0.4, -0.2) is 26.6 Å². The van der Waals surface area contributed by atoms with Crippen LogP contribution in [-0.2, 0) is 4.79 Å². The van der Waals surface area contributed by atoms with Gasteiger partial charge in [0.2, 0.25) is 5.91 Å². The number of carbonyl (C=O) groups is 1. The van der Waals surface area contributed by atoms with Gasteiger partial charge >= 0.3 is 0 Å². The molecule has 1 aromatic heterocycles. The number of aromatic nitrogens is 2. The molecule has 24 heavy (non-hydrogen) atoms.